The van der Waals surface area contributed by atoms with Crippen molar-refractivity contribution in [2.75, 3.05) is 26.2 Å². The molecule has 4 rings (SSSR count). The summed E-state index contributed by atoms with van der Waals surface area (Å²) in [6.07, 6.45) is 1.72. The smallest absolute Gasteiger partial charge is 0.121 e. The van der Waals surface area contributed by atoms with Crippen molar-refractivity contribution in [3.8, 4) is 17.2 Å². The Morgan fingerprint density at radius 3 is 2.11 bits per heavy atom. The first-order chi connectivity index (χ1) is 22.7. The van der Waals surface area contributed by atoms with E-state index in [1.54, 1.807) is 12.1 Å². The Morgan fingerprint density at radius 2 is 1.43 bits per heavy atom. The molecule has 2 atom stereocenters. The van der Waals surface area contributed by atoms with Crippen LogP contribution in [0.5, 0.6) is 17.2 Å². The Balaban J connectivity index is 1.28. The van der Waals surface area contributed by atoms with E-state index in [-0.39, 0.29) is 18.3 Å². The highest BCUT2D eigenvalue weighted by Gasteiger charge is 2.22. The van der Waals surface area contributed by atoms with Crippen LogP contribution in [-0.4, -0.2) is 63.7 Å². The number of aliphatic hydroxyl groups is 2. The summed E-state index contributed by atoms with van der Waals surface area (Å²) in [7, 11) is 0. The third-order valence-electron chi connectivity index (χ3n) is 8.84. The average molecular weight is 641 g/mol. The van der Waals surface area contributed by atoms with Crippen LogP contribution in [0.3, 0.4) is 0 Å². The van der Waals surface area contributed by atoms with E-state index < -0.39 is 6.10 Å². The molecular weight excluding hydrogens is 588 g/mol. The molecule has 252 valence electrons. The Labute approximate surface area is 280 Å². The molecule has 0 saturated heterocycles. The van der Waals surface area contributed by atoms with E-state index in [2.05, 4.69) is 80.4 Å². The molecule has 0 saturated carbocycles. The van der Waals surface area contributed by atoms with Gasteiger partial charge in [-0.2, -0.15) is 0 Å². The quantitative estimate of drug-likeness (QED) is 0.0770. The number of hydrogen-bond donors (Lipinski definition) is 5. The molecule has 5 N–H and O–H groups in total. The minimum atomic E-state index is -0.731. The van der Waals surface area contributed by atoms with Crippen molar-refractivity contribution in [3.63, 3.8) is 0 Å². The highest BCUT2D eigenvalue weighted by Crippen LogP contribution is 2.35. The molecule has 47 heavy (non-hydrogen) atoms. The average Bonchev–Trinajstić information content (AvgIpc) is 3.07. The van der Waals surface area contributed by atoms with Crippen molar-refractivity contribution in [2.24, 2.45) is 0 Å². The molecule has 0 radical (unpaired) electrons. The molecule has 0 aliphatic heterocycles. The fourth-order valence-electron chi connectivity index (χ4n) is 6.18. The number of phenols is 2. The van der Waals surface area contributed by atoms with Crippen molar-refractivity contribution in [1.82, 2.24) is 10.2 Å². The Bertz CT molecular complexity index is 1500. The van der Waals surface area contributed by atoms with E-state index in [9.17, 15) is 20.4 Å². The molecule has 0 spiro atoms. The standard InChI is InChI=1S/C40H52N2O5/c1-28(2)42(29(3)4)22-19-36(32-8-6-5-7-9-32)37-24-31(12-16-39(37)45)20-23-47-35-14-10-30(11-15-35)18-21-41-26-40(46)33-13-17-38(44)34(25-33)27-43/h5-17,24-25,28-29,36,40-41,43-46H,18-23,26-27H2,1-4H3/t36-,40-/m1/s1. The maximum Gasteiger partial charge on any atom is 0.121 e. The zero-order valence-electron chi connectivity index (χ0n) is 28.3. The SMILES string of the molecule is CC(C)N(CC[C@H](c1ccccc1)c1cc(CCOc2ccc(CCNC[C@@H](O)c3ccc(O)c(CO)c3)cc2)ccc1O)C(C)C. The minimum absolute atomic E-state index is 0.0247. The zero-order chi connectivity index (χ0) is 33.8. The molecule has 0 unspecified atom stereocenters. The number of ether oxygens (including phenoxy) is 1. The molecule has 0 heterocycles. The highest BCUT2D eigenvalue weighted by atomic mass is 16.5. The van der Waals surface area contributed by atoms with Crippen LogP contribution < -0.4 is 10.1 Å². The lowest BCUT2D eigenvalue weighted by Crippen LogP contribution is -2.38. The maximum atomic E-state index is 11.0. The second kappa shape index (κ2) is 17.9. The molecule has 0 aliphatic carbocycles. The molecule has 4 aromatic rings. The lowest BCUT2D eigenvalue weighted by atomic mass is 9.86. The summed E-state index contributed by atoms with van der Waals surface area (Å²) >= 11 is 0. The monoisotopic (exact) mass is 640 g/mol. The summed E-state index contributed by atoms with van der Waals surface area (Å²) in [5, 5.41) is 43.8. The summed E-state index contributed by atoms with van der Waals surface area (Å²) < 4.78 is 6.09. The van der Waals surface area contributed by atoms with Gasteiger partial charge in [-0.25, -0.2) is 0 Å². The Kier molecular flexibility index (Phi) is 13.7. The zero-order valence-corrected chi connectivity index (χ0v) is 28.3. The molecule has 4 aromatic carbocycles. The van der Waals surface area contributed by atoms with Crippen molar-refractivity contribution in [2.45, 2.75) is 77.7 Å². The van der Waals surface area contributed by atoms with Gasteiger partial charge in [0.2, 0.25) is 0 Å². The van der Waals surface area contributed by atoms with Crippen molar-refractivity contribution < 1.29 is 25.2 Å². The van der Waals surface area contributed by atoms with Gasteiger partial charge in [0.15, 0.2) is 0 Å². The van der Waals surface area contributed by atoms with E-state index in [0.717, 1.165) is 48.2 Å². The third kappa shape index (κ3) is 10.6. The predicted molar refractivity (Wildman–Crippen MR) is 189 cm³/mol. The van der Waals surface area contributed by atoms with Gasteiger partial charge in [0.05, 0.1) is 19.3 Å². The summed E-state index contributed by atoms with van der Waals surface area (Å²) in [5.74, 6) is 1.26. The predicted octanol–water partition coefficient (Wildman–Crippen LogP) is 6.72. The van der Waals surface area contributed by atoms with Crippen LogP contribution in [0.25, 0.3) is 0 Å². The number of rotatable bonds is 18. The number of aromatic hydroxyl groups is 2. The van der Waals surface area contributed by atoms with Gasteiger partial charge in [-0.1, -0.05) is 60.7 Å². The second-order valence-electron chi connectivity index (χ2n) is 12.8. The number of nitrogens with zero attached hydrogens (tertiary/aromatic N) is 1. The van der Waals surface area contributed by atoms with Crippen LogP contribution >= 0.6 is 0 Å². The van der Waals surface area contributed by atoms with E-state index in [1.807, 2.05) is 30.3 Å². The van der Waals surface area contributed by atoms with E-state index >= 15 is 0 Å². The van der Waals surface area contributed by atoms with Crippen LogP contribution in [0, 0.1) is 0 Å². The normalized spacial score (nSPS) is 13.0. The molecule has 7 heteroatoms. The van der Waals surface area contributed by atoms with Crippen LogP contribution in [0.4, 0.5) is 0 Å². The molecule has 7 nitrogen and oxygen atoms in total. The van der Waals surface area contributed by atoms with Gasteiger partial charge in [-0.15, -0.1) is 0 Å². The van der Waals surface area contributed by atoms with Crippen LogP contribution in [0.15, 0.2) is 91.0 Å². The summed E-state index contributed by atoms with van der Waals surface area (Å²) in [4.78, 5) is 2.51. The van der Waals surface area contributed by atoms with Crippen LogP contribution in [-0.2, 0) is 19.4 Å². The molecule has 0 aliphatic rings. The number of nitrogens with one attached hydrogen (secondary N) is 1. The van der Waals surface area contributed by atoms with Gasteiger partial charge in [0, 0.05) is 42.1 Å². The largest absolute Gasteiger partial charge is 0.508 e. The Morgan fingerprint density at radius 1 is 0.745 bits per heavy atom. The highest BCUT2D eigenvalue weighted by molar-refractivity contribution is 5.44. The lowest BCUT2D eigenvalue weighted by Gasteiger charge is -2.32. The molecule has 0 fully saturated rings. The minimum Gasteiger partial charge on any atom is -0.508 e. The van der Waals surface area contributed by atoms with E-state index in [1.165, 1.54) is 11.6 Å². The number of aliphatic hydroxyl groups excluding tert-OH is 2. The fourth-order valence-corrected chi connectivity index (χ4v) is 6.18. The van der Waals surface area contributed by atoms with E-state index in [4.69, 9.17) is 4.74 Å². The van der Waals surface area contributed by atoms with Gasteiger partial charge in [0.1, 0.15) is 17.2 Å². The fraction of sp³-hybridized carbons (Fsp3) is 0.400. The number of phenolic OH excluding ortho intramolecular Hbond substituents is 1. The van der Waals surface area contributed by atoms with Gasteiger partial charge in [-0.05, 0) is 106 Å². The molecule has 0 amide bonds. The Hall–Kier alpha value is -3.88. The van der Waals surface area contributed by atoms with Gasteiger partial charge >= 0.3 is 0 Å². The van der Waals surface area contributed by atoms with Crippen LogP contribution in [0.2, 0.25) is 0 Å². The first-order valence-electron chi connectivity index (χ1n) is 16.8. The lowest BCUT2D eigenvalue weighted by molar-refractivity contribution is 0.170. The topological polar surface area (TPSA) is 105 Å². The molecule has 0 bridgehead atoms. The van der Waals surface area contributed by atoms with Crippen molar-refractivity contribution in [1.29, 1.82) is 0 Å². The van der Waals surface area contributed by atoms with Gasteiger partial charge in [-0.3, -0.25) is 4.90 Å². The summed E-state index contributed by atoms with van der Waals surface area (Å²) in [6.45, 7) is 11.2. The van der Waals surface area contributed by atoms with E-state index in [0.29, 0.717) is 48.7 Å². The first kappa shape index (κ1) is 36.0. The summed E-state index contributed by atoms with van der Waals surface area (Å²) in [5.41, 5.74) is 5.52. The van der Waals surface area contributed by atoms with Crippen LogP contribution in [0.1, 0.15) is 79.5 Å². The van der Waals surface area contributed by atoms with Crippen molar-refractivity contribution >= 4 is 0 Å². The van der Waals surface area contributed by atoms with Gasteiger partial charge < -0.3 is 30.5 Å². The summed E-state index contributed by atoms with van der Waals surface area (Å²) in [6, 6.07) is 30.2. The maximum absolute atomic E-state index is 11.0. The third-order valence-corrected chi connectivity index (χ3v) is 8.84. The van der Waals surface area contributed by atoms with Crippen molar-refractivity contribution in [3.05, 3.63) is 124 Å². The number of hydrogen-bond acceptors (Lipinski definition) is 7. The number of benzene rings is 4. The first-order valence-corrected chi connectivity index (χ1v) is 16.8. The molecule has 0 aromatic heterocycles. The molecular formula is C40H52N2O5. The second-order valence-corrected chi connectivity index (χ2v) is 12.8. The van der Waals surface area contributed by atoms with Gasteiger partial charge in [0.25, 0.3) is 0 Å².